The minimum absolute atomic E-state index is 0.150. The Labute approximate surface area is 180 Å². The quantitative estimate of drug-likeness (QED) is 0.497. The fourth-order valence-electron chi connectivity index (χ4n) is 3.47. The summed E-state index contributed by atoms with van der Waals surface area (Å²) in [5, 5.41) is 7.24. The maximum Gasteiger partial charge on any atom is 0.413 e. The first-order valence-corrected chi connectivity index (χ1v) is 10.0. The average Bonchev–Trinajstić information content (AvgIpc) is 3.34. The van der Waals surface area contributed by atoms with Gasteiger partial charge in [0, 0.05) is 25.2 Å². The lowest BCUT2D eigenvalue weighted by molar-refractivity contribution is 0.155. The number of rotatable bonds is 6. The van der Waals surface area contributed by atoms with Gasteiger partial charge in [-0.3, -0.25) is 10.00 Å². The van der Waals surface area contributed by atoms with Crippen molar-refractivity contribution in [3.05, 3.63) is 59.9 Å². The Morgan fingerprint density at radius 2 is 2.00 bits per heavy atom. The number of aryl methyl sites for hydroxylation is 3. The summed E-state index contributed by atoms with van der Waals surface area (Å²) in [6.45, 7) is 5.08. The number of nitrogens with one attached hydrogen (secondary N) is 1. The topological polar surface area (TPSA) is 83.2 Å². The number of aromatic nitrogens is 4. The lowest BCUT2D eigenvalue weighted by Gasteiger charge is -2.07. The van der Waals surface area contributed by atoms with Crippen LogP contribution in [0.1, 0.15) is 18.1 Å². The Morgan fingerprint density at radius 3 is 2.77 bits per heavy atom. The van der Waals surface area contributed by atoms with Crippen LogP contribution in [-0.4, -0.2) is 32.5 Å². The van der Waals surface area contributed by atoms with Gasteiger partial charge in [0.05, 0.1) is 30.2 Å². The molecule has 2 heterocycles. The van der Waals surface area contributed by atoms with Crippen LogP contribution in [0.5, 0.6) is 5.75 Å². The summed E-state index contributed by atoms with van der Waals surface area (Å²) in [4.78, 5) is 16.7. The maximum absolute atomic E-state index is 12.3. The number of carbonyl (C=O) groups excluding carboxylic acids is 1. The van der Waals surface area contributed by atoms with Crippen LogP contribution in [0.15, 0.2) is 48.8 Å². The number of imidazole rings is 1. The molecular formula is C23H25N5O3. The van der Waals surface area contributed by atoms with Gasteiger partial charge in [0.2, 0.25) is 0 Å². The predicted octanol–water partition coefficient (Wildman–Crippen LogP) is 4.52. The number of methoxy groups -OCH3 is 1. The van der Waals surface area contributed by atoms with Crippen LogP contribution in [0, 0.1) is 6.92 Å². The summed E-state index contributed by atoms with van der Waals surface area (Å²) >= 11 is 0. The van der Waals surface area contributed by atoms with E-state index in [1.165, 1.54) is 0 Å². The van der Waals surface area contributed by atoms with Crippen LogP contribution in [0.3, 0.4) is 0 Å². The average molecular weight is 419 g/mol. The molecule has 8 heteroatoms. The molecule has 0 saturated carbocycles. The Balaban J connectivity index is 1.43. The van der Waals surface area contributed by atoms with Crippen molar-refractivity contribution < 1.29 is 14.3 Å². The molecule has 0 saturated heterocycles. The zero-order valence-corrected chi connectivity index (χ0v) is 18.0. The van der Waals surface area contributed by atoms with Crippen molar-refractivity contribution in [1.82, 2.24) is 19.3 Å². The number of fused-ring (bicyclic) bond motifs is 1. The molecule has 2 aromatic heterocycles. The molecule has 0 atom stereocenters. The zero-order chi connectivity index (χ0) is 22.0. The third-order valence-corrected chi connectivity index (χ3v) is 5.14. The van der Waals surface area contributed by atoms with Crippen molar-refractivity contribution in [3.8, 4) is 17.0 Å². The second-order valence-corrected chi connectivity index (χ2v) is 7.30. The molecule has 0 spiro atoms. The highest BCUT2D eigenvalue weighted by molar-refractivity contribution is 5.85. The Bertz CT molecular complexity index is 1240. The number of ether oxygens (including phenoxy) is 2. The third-order valence-electron chi connectivity index (χ3n) is 5.14. The van der Waals surface area contributed by atoms with Gasteiger partial charge < -0.3 is 14.0 Å². The molecule has 0 aliphatic carbocycles. The third kappa shape index (κ3) is 4.23. The molecule has 0 bridgehead atoms. The first-order chi connectivity index (χ1) is 15.0. The van der Waals surface area contributed by atoms with Gasteiger partial charge in [-0.05, 0) is 49.2 Å². The second-order valence-electron chi connectivity index (χ2n) is 7.30. The van der Waals surface area contributed by atoms with Gasteiger partial charge in [0.15, 0.2) is 0 Å². The van der Waals surface area contributed by atoms with Crippen LogP contribution in [0.2, 0.25) is 0 Å². The molecule has 1 amide bonds. The minimum Gasteiger partial charge on any atom is -0.496 e. The summed E-state index contributed by atoms with van der Waals surface area (Å²) in [5.41, 5.74) is 5.46. The summed E-state index contributed by atoms with van der Waals surface area (Å²) in [5.74, 6) is 1.26. The molecule has 1 N–H and O–H groups in total. The van der Waals surface area contributed by atoms with Gasteiger partial charge in [-0.15, -0.1) is 0 Å². The van der Waals surface area contributed by atoms with Crippen LogP contribution >= 0.6 is 0 Å². The highest BCUT2D eigenvalue weighted by Gasteiger charge is 2.14. The monoisotopic (exact) mass is 419 g/mol. The number of nitrogens with zero attached hydrogens (tertiary/aromatic N) is 4. The van der Waals surface area contributed by atoms with Crippen LogP contribution < -0.4 is 10.1 Å². The van der Waals surface area contributed by atoms with E-state index in [0.717, 1.165) is 40.0 Å². The highest BCUT2D eigenvalue weighted by atomic mass is 16.5. The van der Waals surface area contributed by atoms with E-state index in [1.807, 2.05) is 49.6 Å². The van der Waals surface area contributed by atoms with E-state index in [0.29, 0.717) is 11.5 Å². The molecule has 0 radical (unpaired) electrons. The second kappa shape index (κ2) is 8.51. The number of benzene rings is 2. The van der Waals surface area contributed by atoms with Crippen molar-refractivity contribution in [1.29, 1.82) is 0 Å². The summed E-state index contributed by atoms with van der Waals surface area (Å²) in [7, 11) is 3.39. The zero-order valence-electron chi connectivity index (χ0n) is 18.0. The van der Waals surface area contributed by atoms with Gasteiger partial charge in [0.25, 0.3) is 0 Å². The van der Waals surface area contributed by atoms with Crippen molar-refractivity contribution in [2.45, 2.75) is 27.0 Å². The minimum atomic E-state index is -0.551. The smallest absolute Gasteiger partial charge is 0.413 e. The molecule has 31 heavy (non-hydrogen) atoms. The van der Waals surface area contributed by atoms with E-state index in [2.05, 4.69) is 26.9 Å². The van der Waals surface area contributed by atoms with Crippen LogP contribution in [-0.2, 0) is 24.9 Å². The standard InChI is InChI=1S/C23H25N5O3/c1-5-28-14-24-19-11-16(7-9-20(19)28)13-31-23(29)25-22-12-18(26-27(22)3)17-8-6-15(2)10-21(17)30-4/h6-12,14H,5,13H2,1-4H3,(H,25,29). The van der Waals surface area contributed by atoms with Crippen LogP contribution in [0.25, 0.3) is 22.3 Å². The summed E-state index contributed by atoms with van der Waals surface area (Å²) < 4.78 is 14.5. The molecule has 0 aliphatic rings. The van der Waals surface area contributed by atoms with E-state index >= 15 is 0 Å². The molecule has 2 aromatic carbocycles. The van der Waals surface area contributed by atoms with E-state index in [4.69, 9.17) is 9.47 Å². The number of amides is 1. The van der Waals surface area contributed by atoms with Crippen LogP contribution in [0.4, 0.5) is 10.6 Å². The van der Waals surface area contributed by atoms with Gasteiger partial charge in [0.1, 0.15) is 18.2 Å². The maximum atomic E-state index is 12.3. The number of hydrogen-bond acceptors (Lipinski definition) is 5. The summed E-state index contributed by atoms with van der Waals surface area (Å²) in [6, 6.07) is 13.5. The van der Waals surface area contributed by atoms with Gasteiger partial charge in [-0.25, -0.2) is 9.78 Å². The molecule has 160 valence electrons. The number of hydrogen-bond donors (Lipinski definition) is 1. The van der Waals surface area contributed by atoms with Gasteiger partial charge in [-0.1, -0.05) is 12.1 Å². The van der Waals surface area contributed by atoms with Crippen molar-refractivity contribution in [3.63, 3.8) is 0 Å². The molecule has 8 nitrogen and oxygen atoms in total. The van der Waals surface area contributed by atoms with E-state index < -0.39 is 6.09 Å². The first-order valence-electron chi connectivity index (χ1n) is 10.0. The normalized spacial score (nSPS) is 11.0. The fourth-order valence-corrected chi connectivity index (χ4v) is 3.47. The van der Waals surface area contributed by atoms with E-state index in [9.17, 15) is 4.79 Å². The predicted molar refractivity (Wildman–Crippen MR) is 119 cm³/mol. The lowest BCUT2D eigenvalue weighted by atomic mass is 10.1. The van der Waals surface area contributed by atoms with Gasteiger partial charge in [-0.2, -0.15) is 5.10 Å². The van der Waals surface area contributed by atoms with E-state index in [1.54, 1.807) is 24.9 Å². The van der Waals surface area contributed by atoms with Gasteiger partial charge >= 0.3 is 6.09 Å². The number of carbonyl (C=O) groups is 1. The molecule has 4 rings (SSSR count). The Morgan fingerprint density at radius 1 is 1.16 bits per heavy atom. The van der Waals surface area contributed by atoms with E-state index in [-0.39, 0.29) is 6.61 Å². The molecule has 0 unspecified atom stereocenters. The molecule has 0 fully saturated rings. The van der Waals surface area contributed by atoms with Crippen molar-refractivity contribution in [2.75, 3.05) is 12.4 Å². The molecular weight excluding hydrogens is 394 g/mol. The summed E-state index contributed by atoms with van der Waals surface area (Å²) in [6.07, 6.45) is 1.26. The highest BCUT2D eigenvalue weighted by Crippen LogP contribution is 2.31. The Hall–Kier alpha value is -3.81. The molecule has 4 aromatic rings. The Kier molecular flexibility index (Phi) is 5.62. The number of anilines is 1. The van der Waals surface area contributed by atoms with Crippen molar-refractivity contribution >= 4 is 22.9 Å². The fraction of sp³-hybridized carbons (Fsp3) is 0.261. The largest absolute Gasteiger partial charge is 0.496 e. The lowest BCUT2D eigenvalue weighted by Crippen LogP contribution is -2.15. The SMILES string of the molecule is CCn1cnc2cc(COC(=O)Nc3cc(-c4ccc(C)cc4OC)nn3C)ccc21. The molecule has 0 aliphatic heterocycles. The van der Waals surface area contributed by atoms with Crippen molar-refractivity contribution in [2.24, 2.45) is 7.05 Å². The first kappa shape index (κ1) is 20.5.